The van der Waals surface area contributed by atoms with Crippen LogP contribution in [0.25, 0.3) is 0 Å². The fourth-order valence-corrected chi connectivity index (χ4v) is 1.54. The van der Waals surface area contributed by atoms with Crippen molar-refractivity contribution in [3.8, 4) is 17.2 Å². The smallest absolute Gasteiger partial charge is 0.164 e. The Morgan fingerprint density at radius 1 is 0.947 bits per heavy atom. The lowest BCUT2D eigenvalue weighted by molar-refractivity contribution is 0.349. The Morgan fingerprint density at radius 2 is 1.53 bits per heavy atom. The van der Waals surface area contributed by atoms with Crippen LogP contribution in [-0.4, -0.2) is 42.4 Å². The number of ether oxygens (including phenoxy) is 3. The van der Waals surface area contributed by atoms with Gasteiger partial charge in [-0.3, -0.25) is 0 Å². The predicted molar refractivity (Wildman–Crippen MR) is 69.1 cm³/mol. The van der Waals surface area contributed by atoms with Gasteiger partial charge in [0.25, 0.3) is 0 Å². The molecule has 1 heterocycles. The monoisotopic (exact) mass is 262 g/mol. The largest absolute Gasteiger partial charge is 0.496 e. The molecule has 0 bridgehead atoms. The summed E-state index contributed by atoms with van der Waals surface area (Å²) in [6, 6.07) is 3.53. The number of benzene rings is 1. The first-order valence-corrected chi connectivity index (χ1v) is 5.47. The van der Waals surface area contributed by atoms with Crippen LogP contribution in [0.4, 0.5) is 0 Å². The van der Waals surface area contributed by atoms with Crippen molar-refractivity contribution >= 4 is 6.21 Å². The molecule has 0 saturated heterocycles. The highest BCUT2D eigenvalue weighted by atomic mass is 16.5. The summed E-state index contributed by atoms with van der Waals surface area (Å²) in [5.41, 5.74) is 0.758. The molecule has 7 nitrogen and oxygen atoms in total. The minimum absolute atomic E-state index is 0.598. The number of nitrogens with zero attached hydrogens (tertiary/aromatic N) is 4. The zero-order valence-electron chi connectivity index (χ0n) is 10.9. The van der Waals surface area contributed by atoms with Crippen molar-refractivity contribution in [2.24, 2.45) is 5.10 Å². The fraction of sp³-hybridized carbons (Fsp3) is 0.250. The van der Waals surface area contributed by atoms with E-state index in [0.29, 0.717) is 17.2 Å². The minimum atomic E-state index is 0.598. The van der Waals surface area contributed by atoms with E-state index in [-0.39, 0.29) is 0 Å². The van der Waals surface area contributed by atoms with Gasteiger partial charge in [0, 0.05) is 11.6 Å². The number of methoxy groups -OCH3 is 3. The molecule has 19 heavy (non-hydrogen) atoms. The number of rotatable bonds is 5. The van der Waals surface area contributed by atoms with Gasteiger partial charge in [0.05, 0.1) is 27.5 Å². The molecular weight excluding hydrogens is 248 g/mol. The molecule has 2 aromatic rings. The maximum atomic E-state index is 5.29. The first kappa shape index (κ1) is 12.9. The number of aromatic nitrogens is 3. The van der Waals surface area contributed by atoms with E-state index in [0.717, 1.165) is 5.56 Å². The van der Waals surface area contributed by atoms with Gasteiger partial charge in [-0.25, -0.2) is 4.68 Å². The second-order valence-corrected chi connectivity index (χ2v) is 3.54. The fourth-order valence-electron chi connectivity index (χ4n) is 1.54. The average Bonchev–Trinajstić information content (AvgIpc) is 2.97. The molecule has 1 aromatic heterocycles. The highest BCUT2D eigenvalue weighted by molar-refractivity contribution is 5.85. The van der Waals surface area contributed by atoms with Gasteiger partial charge in [-0.1, -0.05) is 0 Å². The highest BCUT2D eigenvalue weighted by Crippen LogP contribution is 2.33. The van der Waals surface area contributed by atoms with E-state index in [9.17, 15) is 0 Å². The second kappa shape index (κ2) is 5.85. The summed E-state index contributed by atoms with van der Waals surface area (Å²) in [7, 11) is 4.73. The molecule has 0 aliphatic rings. The molecule has 0 N–H and O–H groups in total. The molecule has 0 aliphatic carbocycles. The molecule has 0 unspecified atom stereocenters. The van der Waals surface area contributed by atoms with Crippen molar-refractivity contribution in [2.75, 3.05) is 21.3 Å². The van der Waals surface area contributed by atoms with Gasteiger partial charge in [-0.15, -0.1) is 10.2 Å². The summed E-state index contributed by atoms with van der Waals surface area (Å²) in [6.07, 6.45) is 4.61. The lowest BCUT2D eigenvalue weighted by Gasteiger charge is -2.11. The first-order chi connectivity index (χ1) is 9.28. The van der Waals surface area contributed by atoms with E-state index in [1.165, 1.54) is 17.3 Å². The van der Waals surface area contributed by atoms with Gasteiger partial charge < -0.3 is 14.2 Å². The quantitative estimate of drug-likeness (QED) is 0.757. The van der Waals surface area contributed by atoms with Crippen molar-refractivity contribution in [3.05, 3.63) is 30.4 Å². The summed E-state index contributed by atoms with van der Waals surface area (Å²) in [4.78, 5) is 0. The van der Waals surface area contributed by atoms with Gasteiger partial charge in [-0.2, -0.15) is 5.10 Å². The van der Waals surface area contributed by atoms with Crippen LogP contribution in [0.15, 0.2) is 29.9 Å². The van der Waals surface area contributed by atoms with E-state index in [2.05, 4.69) is 15.3 Å². The molecule has 0 saturated carbocycles. The maximum absolute atomic E-state index is 5.29. The Balaban J connectivity index is 2.38. The predicted octanol–water partition coefficient (Wildman–Crippen LogP) is 1.19. The first-order valence-electron chi connectivity index (χ1n) is 5.47. The summed E-state index contributed by atoms with van der Waals surface area (Å²) in [5.74, 6) is 1.84. The van der Waals surface area contributed by atoms with Crippen LogP contribution in [0.3, 0.4) is 0 Å². The van der Waals surface area contributed by atoms with Crippen LogP contribution in [-0.2, 0) is 0 Å². The number of hydrogen-bond acceptors (Lipinski definition) is 6. The van der Waals surface area contributed by atoms with E-state index in [1.807, 2.05) is 0 Å². The molecule has 0 spiro atoms. The summed E-state index contributed by atoms with van der Waals surface area (Å²) >= 11 is 0. The Kier molecular flexibility index (Phi) is 3.97. The van der Waals surface area contributed by atoms with E-state index in [1.54, 1.807) is 39.7 Å². The van der Waals surface area contributed by atoms with Crippen molar-refractivity contribution < 1.29 is 14.2 Å². The van der Waals surface area contributed by atoms with Crippen molar-refractivity contribution in [1.29, 1.82) is 0 Å². The average molecular weight is 262 g/mol. The molecule has 1 aromatic carbocycles. The third-order valence-corrected chi connectivity index (χ3v) is 2.47. The van der Waals surface area contributed by atoms with Gasteiger partial charge in [0.2, 0.25) is 0 Å². The molecule has 0 amide bonds. The maximum Gasteiger partial charge on any atom is 0.164 e. The molecule has 0 radical (unpaired) electrons. The zero-order chi connectivity index (χ0) is 13.7. The van der Waals surface area contributed by atoms with Crippen molar-refractivity contribution in [2.45, 2.75) is 0 Å². The van der Waals surface area contributed by atoms with E-state index in [4.69, 9.17) is 14.2 Å². The van der Waals surface area contributed by atoms with Gasteiger partial charge >= 0.3 is 0 Å². The van der Waals surface area contributed by atoms with Crippen molar-refractivity contribution in [1.82, 2.24) is 14.9 Å². The molecule has 0 aliphatic heterocycles. The van der Waals surface area contributed by atoms with Crippen LogP contribution in [0.1, 0.15) is 5.56 Å². The number of hydrogen-bond donors (Lipinski definition) is 0. The van der Waals surface area contributed by atoms with Gasteiger partial charge in [-0.05, 0) is 6.07 Å². The Hall–Kier alpha value is -2.57. The summed E-state index contributed by atoms with van der Waals surface area (Å²) in [6.45, 7) is 0. The van der Waals surface area contributed by atoms with E-state index < -0.39 is 0 Å². The SMILES string of the molecule is COc1cc(OC)c(OC)cc1C=Nn1cnnc1. The van der Waals surface area contributed by atoms with Gasteiger partial charge in [0.15, 0.2) is 11.5 Å². The third-order valence-electron chi connectivity index (χ3n) is 2.47. The summed E-state index contributed by atoms with van der Waals surface area (Å²) in [5, 5.41) is 11.5. The lowest BCUT2D eigenvalue weighted by atomic mass is 10.2. The third kappa shape index (κ3) is 2.82. The van der Waals surface area contributed by atoms with Crippen LogP contribution in [0.5, 0.6) is 17.2 Å². The molecule has 100 valence electrons. The normalized spacial score (nSPS) is 10.7. The molecular formula is C12H14N4O3. The molecule has 7 heteroatoms. The molecule has 0 fully saturated rings. The summed E-state index contributed by atoms with van der Waals surface area (Å²) < 4.78 is 17.2. The Labute approximate surface area is 110 Å². The standard InChI is InChI=1S/C12H14N4O3/c1-17-10-5-12(19-3)11(18-2)4-9(10)6-15-16-7-13-14-8-16/h4-8H,1-3H3. The lowest BCUT2D eigenvalue weighted by Crippen LogP contribution is -1.97. The van der Waals surface area contributed by atoms with Crippen LogP contribution >= 0.6 is 0 Å². The topological polar surface area (TPSA) is 70.8 Å². The molecule has 0 atom stereocenters. The zero-order valence-corrected chi connectivity index (χ0v) is 10.9. The second-order valence-electron chi connectivity index (χ2n) is 3.54. The van der Waals surface area contributed by atoms with Gasteiger partial charge in [0.1, 0.15) is 18.4 Å². The molecule has 2 rings (SSSR count). The Bertz CT molecular complexity index is 567. The van der Waals surface area contributed by atoms with E-state index >= 15 is 0 Å². The van der Waals surface area contributed by atoms with Crippen LogP contribution < -0.4 is 14.2 Å². The highest BCUT2D eigenvalue weighted by Gasteiger charge is 2.10. The minimum Gasteiger partial charge on any atom is -0.496 e. The Morgan fingerprint density at radius 3 is 2.11 bits per heavy atom. The van der Waals surface area contributed by atoms with Crippen molar-refractivity contribution in [3.63, 3.8) is 0 Å². The van der Waals surface area contributed by atoms with Crippen LogP contribution in [0, 0.1) is 0 Å². The van der Waals surface area contributed by atoms with Crippen LogP contribution in [0.2, 0.25) is 0 Å².